The van der Waals surface area contributed by atoms with Gasteiger partial charge in [0.2, 0.25) is 0 Å². The summed E-state index contributed by atoms with van der Waals surface area (Å²) in [7, 11) is 0. The molecule has 1 aromatic heterocycles. The third kappa shape index (κ3) is 3.92. The Bertz CT molecular complexity index is 658. The Morgan fingerprint density at radius 2 is 2.19 bits per heavy atom. The maximum absolute atomic E-state index is 12.2. The summed E-state index contributed by atoms with van der Waals surface area (Å²) in [5, 5.41) is 3.41. The summed E-state index contributed by atoms with van der Waals surface area (Å²) in [5.74, 6) is 0.402. The molecule has 2 rings (SSSR count). The topological polar surface area (TPSA) is 80.9 Å². The van der Waals surface area contributed by atoms with E-state index in [9.17, 15) is 4.79 Å². The number of carbonyl (C=O) groups excluding carboxylic acids is 1. The Labute approximate surface area is 128 Å². The zero-order chi connectivity index (χ0) is 15.4. The number of anilines is 1. The Kier molecular flexibility index (Phi) is 4.75. The van der Waals surface area contributed by atoms with Crippen LogP contribution in [0.1, 0.15) is 41.6 Å². The van der Waals surface area contributed by atoms with Crippen molar-refractivity contribution in [3.05, 3.63) is 52.6 Å². The lowest BCUT2D eigenvalue weighted by molar-refractivity contribution is 0.0946. The molecule has 1 heterocycles. The molecule has 0 unspecified atom stereocenters. The van der Waals surface area contributed by atoms with Crippen molar-refractivity contribution in [1.29, 1.82) is 0 Å². The monoisotopic (exact) mass is 304 g/mol. The molecule has 6 heteroatoms. The number of nitrogens with two attached hydrogens (primary N) is 1. The lowest BCUT2D eigenvalue weighted by Crippen LogP contribution is -2.25. The van der Waals surface area contributed by atoms with E-state index in [1.165, 1.54) is 6.20 Å². The molecule has 0 aliphatic heterocycles. The summed E-state index contributed by atoms with van der Waals surface area (Å²) in [4.78, 5) is 20.5. The molecule has 1 aromatic carbocycles. The summed E-state index contributed by atoms with van der Waals surface area (Å²) in [5.41, 5.74) is 7.16. The molecule has 0 saturated heterocycles. The number of nitrogen functional groups attached to an aromatic ring is 1. The van der Waals surface area contributed by atoms with Gasteiger partial charge in [-0.2, -0.15) is 0 Å². The van der Waals surface area contributed by atoms with Crippen LogP contribution in [-0.2, 0) is 6.54 Å². The van der Waals surface area contributed by atoms with Crippen molar-refractivity contribution in [2.75, 3.05) is 5.73 Å². The fourth-order valence-electron chi connectivity index (χ4n) is 1.78. The van der Waals surface area contributed by atoms with Crippen LogP contribution in [0.15, 0.2) is 30.5 Å². The van der Waals surface area contributed by atoms with E-state index in [0.29, 0.717) is 17.4 Å². The number of hydrogen-bond donors (Lipinski definition) is 2. The molecule has 3 N–H and O–H groups in total. The summed E-state index contributed by atoms with van der Waals surface area (Å²) in [6.07, 6.45) is 1.47. The SMILES string of the molecule is CC(C)c1ncc(N)c(C(=O)NCc2cccc(Cl)c2)n1. The van der Waals surface area contributed by atoms with E-state index in [0.717, 1.165) is 5.56 Å². The van der Waals surface area contributed by atoms with Crippen LogP contribution in [-0.4, -0.2) is 15.9 Å². The van der Waals surface area contributed by atoms with Crippen LogP contribution < -0.4 is 11.1 Å². The molecule has 0 spiro atoms. The van der Waals surface area contributed by atoms with Crippen molar-refractivity contribution in [2.24, 2.45) is 0 Å². The highest BCUT2D eigenvalue weighted by atomic mass is 35.5. The highest BCUT2D eigenvalue weighted by Crippen LogP contribution is 2.14. The summed E-state index contributed by atoms with van der Waals surface area (Å²) < 4.78 is 0. The van der Waals surface area contributed by atoms with Gasteiger partial charge in [-0.3, -0.25) is 4.79 Å². The first-order chi connectivity index (χ1) is 9.97. The lowest BCUT2D eigenvalue weighted by atomic mass is 10.2. The first-order valence-corrected chi connectivity index (χ1v) is 7.00. The van der Waals surface area contributed by atoms with E-state index < -0.39 is 0 Å². The largest absolute Gasteiger partial charge is 0.396 e. The number of rotatable bonds is 4. The third-order valence-electron chi connectivity index (χ3n) is 2.91. The van der Waals surface area contributed by atoms with Crippen LogP contribution in [0.5, 0.6) is 0 Å². The fraction of sp³-hybridized carbons (Fsp3) is 0.267. The van der Waals surface area contributed by atoms with Crippen molar-refractivity contribution in [2.45, 2.75) is 26.3 Å². The molecule has 5 nitrogen and oxygen atoms in total. The minimum absolute atomic E-state index is 0.130. The minimum atomic E-state index is -0.322. The van der Waals surface area contributed by atoms with E-state index in [4.69, 9.17) is 17.3 Å². The van der Waals surface area contributed by atoms with Gasteiger partial charge in [0.05, 0.1) is 11.9 Å². The quantitative estimate of drug-likeness (QED) is 0.910. The zero-order valence-corrected chi connectivity index (χ0v) is 12.7. The van der Waals surface area contributed by atoms with Crippen LogP contribution in [0.4, 0.5) is 5.69 Å². The second kappa shape index (κ2) is 6.54. The minimum Gasteiger partial charge on any atom is -0.396 e. The molecule has 0 aliphatic carbocycles. The van der Waals surface area contributed by atoms with Crippen molar-refractivity contribution >= 4 is 23.2 Å². The Morgan fingerprint density at radius 3 is 2.86 bits per heavy atom. The molecule has 0 bridgehead atoms. The number of nitrogens with one attached hydrogen (secondary N) is 1. The van der Waals surface area contributed by atoms with Gasteiger partial charge in [-0.25, -0.2) is 9.97 Å². The van der Waals surface area contributed by atoms with Gasteiger partial charge >= 0.3 is 0 Å². The van der Waals surface area contributed by atoms with Gasteiger partial charge in [0, 0.05) is 17.5 Å². The Morgan fingerprint density at radius 1 is 1.43 bits per heavy atom. The van der Waals surface area contributed by atoms with Crippen LogP contribution in [0.25, 0.3) is 0 Å². The predicted octanol–water partition coefficient (Wildman–Crippen LogP) is 2.77. The number of benzene rings is 1. The molecule has 21 heavy (non-hydrogen) atoms. The van der Waals surface area contributed by atoms with Crippen LogP contribution in [0.2, 0.25) is 5.02 Å². The first kappa shape index (κ1) is 15.3. The Balaban J connectivity index is 2.11. The number of hydrogen-bond acceptors (Lipinski definition) is 4. The van der Waals surface area contributed by atoms with Gasteiger partial charge in [0.25, 0.3) is 5.91 Å². The van der Waals surface area contributed by atoms with Gasteiger partial charge < -0.3 is 11.1 Å². The average Bonchev–Trinajstić information content (AvgIpc) is 2.45. The second-order valence-electron chi connectivity index (χ2n) is 5.00. The van der Waals surface area contributed by atoms with Gasteiger partial charge in [0.1, 0.15) is 5.82 Å². The van der Waals surface area contributed by atoms with E-state index in [-0.39, 0.29) is 23.2 Å². The van der Waals surface area contributed by atoms with Crippen LogP contribution in [0.3, 0.4) is 0 Å². The molecule has 0 aliphatic rings. The van der Waals surface area contributed by atoms with Crippen molar-refractivity contribution in [3.63, 3.8) is 0 Å². The zero-order valence-electron chi connectivity index (χ0n) is 11.9. The van der Waals surface area contributed by atoms with Gasteiger partial charge in [-0.1, -0.05) is 37.6 Å². The van der Waals surface area contributed by atoms with Crippen LogP contribution in [0, 0.1) is 0 Å². The van der Waals surface area contributed by atoms with Crippen LogP contribution >= 0.6 is 11.6 Å². The second-order valence-corrected chi connectivity index (χ2v) is 5.44. The molecular formula is C15H17ClN4O. The third-order valence-corrected chi connectivity index (χ3v) is 3.14. The normalized spacial score (nSPS) is 10.7. The van der Waals surface area contributed by atoms with E-state index in [2.05, 4.69) is 15.3 Å². The molecule has 110 valence electrons. The average molecular weight is 305 g/mol. The van der Waals surface area contributed by atoms with Crippen molar-refractivity contribution < 1.29 is 4.79 Å². The Hall–Kier alpha value is -2.14. The molecule has 0 atom stereocenters. The lowest BCUT2D eigenvalue weighted by Gasteiger charge is -2.10. The van der Waals surface area contributed by atoms with Gasteiger partial charge in [-0.15, -0.1) is 0 Å². The molecule has 1 amide bonds. The van der Waals surface area contributed by atoms with Crippen molar-refractivity contribution in [3.8, 4) is 0 Å². The standard InChI is InChI=1S/C15H17ClN4O/c1-9(2)14-18-8-12(17)13(20-14)15(21)19-7-10-4-3-5-11(16)6-10/h3-6,8-9H,7,17H2,1-2H3,(H,19,21). The number of amides is 1. The number of carbonyl (C=O) groups is 1. The molecule has 0 saturated carbocycles. The summed E-state index contributed by atoms with van der Waals surface area (Å²) >= 11 is 5.90. The van der Waals surface area contributed by atoms with Gasteiger partial charge in [-0.05, 0) is 17.7 Å². The number of halogens is 1. The fourth-order valence-corrected chi connectivity index (χ4v) is 1.99. The summed E-state index contributed by atoms with van der Waals surface area (Å²) in [6.45, 7) is 4.28. The highest BCUT2D eigenvalue weighted by Gasteiger charge is 2.14. The molecule has 2 aromatic rings. The maximum atomic E-state index is 12.2. The summed E-state index contributed by atoms with van der Waals surface area (Å²) in [6, 6.07) is 7.30. The molecular weight excluding hydrogens is 288 g/mol. The van der Waals surface area contributed by atoms with E-state index in [1.54, 1.807) is 12.1 Å². The van der Waals surface area contributed by atoms with Gasteiger partial charge in [0.15, 0.2) is 5.69 Å². The highest BCUT2D eigenvalue weighted by molar-refractivity contribution is 6.30. The smallest absolute Gasteiger partial charge is 0.272 e. The van der Waals surface area contributed by atoms with E-state index in [1.807, 2.05) is 26.0 Å². The van der Waals surface area contributed by atoms with E-state index >= 15 is 0 Å². The first-order valence-electron chi connectivity index (χ1n) is 6.62. The molecule has 0 radical (unpaired) electrons. The maximum Gasteiger partial charge on any atom is 0.272 e. The molecule has 0 fully saturated rings. The predicted molar refractivity (Wildman–Crippen MR) is 83.2 cm³/mol. The van der Waals surface area contributed by atoms with Crippen molar-refractivity contribution in [1.82, 2.24) is 15.3 Å². The number of aromatic nitrogens is 2. The number of nitrogens with zero attached hydrogens (tertiary/aromatic N) is 2.